The molecule has 0 atom stereocenters. The van der Waals surface area contributed by atoms with Crippen molar-refractivity contribution >= 4 is 65.6 Å². The number of nitrogens with zero attached hydrogens (tertiary/aromatic N) is 2. The topological polar surface area (TPSA) is 21.3 Å². The van der Waals surface area contributed by atoms with Crippen molar-refractivity contribution < 1.29 is 13.2 Å². The zero-order valence-corrected chi connectivity index (χ0v) is 22.5. The Morgan fingerprint density at radius 1 is 0.450 bits per heavy atom. The lowest BCUT2D eigenvalue weighted by Gasteiger charge is -2.06. The lowest BCUT2D eigenvalue weighted by atomic mass is 10.0. The van der Waals surface area contributed by atoms with E-state index in [1.54, 1.807) is 0 Å². The Kier molecular flexibility index (Phi) is 5.02. The molecular weight excluding hydrogens is 488 g/mol. The molecule has 0 aliphatic rings. The van der Waals surface area contributed by atoms with Crippen LogP contribution in [0.3, 0.4) is 0 Å². The van der Waals surface area contributed by atoms with Gasteiger partial charge in [0.2, 0.25) is 22.1 Å². The highest BCUT2D eigenvalue weighted by Gasteiger charge is 2.21. The first-order chi connectivity index (χ1) is 19.7. The molecule has 0 saturated carbocycles. The van der Waals surface area contributed by atoms with Crippen LogP contribution in [0.4, 0.5) is 0 Å². The summed E-state index contributed by atoms with van der Waals surface area (Å²) < 4.78 is 11.4. The van der Waals surface area contributed by atoms with E-state index in [1.807, 2.05) is 6.07 Å². The minimum atomic E-state index is 0.425. The first-order valence-electron chi connectivity index (χ1n) is 13.9. The van der Waals surface area contributed by atoms with Crippen molar-refractivity contribution in [3.8, 4) is 0 Å². The molecule has 3 nitrogen and oxygen atoms in total. The van der Waals surface area contributed by atoms with Crippen LogP contribution in [0.2, 0.25) is 0 Å². The molecule has 0 amide bonds. The molecule has 4 aromatic heterocycles. The van der Waals surface area contributed by atoms with Gasteiger partial charge >= 0.3 is 0 Å². The van der Waals surface area contributed by atoms with Gasteiger partial charge in [0.15, 0.2) is 12.4 Å². The van der Waals surface area contributed by atoms with Gasteiger partial charge in [-0.15, -0.1) is 0 Å². The van der Waals surface area contributed by atoms with Crippen LogP contribution in [0.1, 0.15) is 25.3 Å². The lowest BCUT2D eigenvalue weighted by Crippen LogP contribution is -2.27. The van der Waals surface area contributed by atoms with Crippen molar-refractivity contribution in [1.29, 1.82) is 0 Å². The van der Waals surface area contributed by atoms with Crippen LogP contribution in [0.15, 0.2) is 132 Å². The van der Waals surface area contributed by atoms with Gasteiger partial charge in [-0.25, -0.2) is 0 Å². The fourth-order valence-electron chi connectivity index (χ4n) is 6.18. The largest absolute Gasteiger partial charge is 0.456 e. The van der Waals surface area contributed by atoms with E-state index in [-0.39, 0.29) is 0 Å². The fourth-order valence-corrected chi connectivity index (χ4v) is 6.18. The van der Waals surface area contributed by atoms with E-state index in [1.165, 1.54) is 27.2 Å². The summed E-state index contributed by atoms with van der Waals surface area (Å²) in [7, 11) is 0. The number of hydrogen-bond acceptors (Lipinski definition) is 1. The molecule has 0 spiro atoms. The summed E-state index contributed by atoms with van der Waals surface area (Å²) in [6.45, 7) is 4.51. The third-order valence-corrected chi connectivity index (χ3v) is 8.19. The van der Waals surface area contributed by atoms with Gasteiger partial charge in [0.1, 0.15) is 21.9 Å². The molecule has 0 aliphatic carbocycles. The Bertz CT molecular complexity index is 2360. The summed E-state index contributed by atoms with van der Waals surface area (Å²) >= 11 is 0. The highest BCUT2D eigenvalue weighted by molar-refractivity contribution is 6.16. The molecule has 0 radical (unpaired) electrons. The molecule has 8 aromatic rings. The smallest absolute Gasteiger partial charge is 0.226 e. The van der Waals surface area contributed by atoms with Gasteiger partial charge in [-0.2, -0.15) is 8.80 Å². The Balaban J connectivity index is 1.73. The van der Waals surface area contributed by atoms with Crippen LogP contribution in [0, 0.1) is 0 Å². The van der Waals surface area contributed by atoms with Crippen LogP contribution in [-0.4, -0.2) is 0 Å². The van der Waals surface area contributed by atoms with Crippen LogP contribution in [-0.2, 0) is 0 Å². The summed E-state index contributed by atoms with van der Waals surface area (Å²) in [6.07, 6.45) is 4.40. The molecule has 0 fully saturated rings. The number of pyridine rings is 2. The van der Waals surface area contributed by atoms with Gasteiger partial charge in [0.05, 0.1) is 0 Å². The van der Waals surface area contributed by atoms with Gasteiger partial charge in [-0.05, 0) is 40.5 Å². The summed E-state index contributed by atoms with van der Waals surface area (Å²) in [6, 6.07) is 41.2. The van der Waals surface area contributed by atoms with E-state index in [9.17, 15) is 0 Å². The van der Waals surface area contributed by atoms with E-state index in [0.717, 1.165) is 43.9 Å². The van der Waals surface area contributed by atoms with Crippen molar-refractivity contribution in [3.05, 3.63) is 133 Å². The summed E-state index contributed by atoms with van der Waals surface area (Å²) in [5.74, 6) is 0.425. The number of aromatic nitrogens is 2. The third kappa shape index (κ3) is 3.37. The SMILES string of the molecule is CC(C)c1cc[n+]2c(c1)c1ccccc1[n+]1ccccc1c1cc3oc4ccccc4c4ccccc4c3cc12. The molecule has 190 valence electrons. The van der Waals surface area contributed by atoms with Gasteiger partial charge in [0.25, 0.3) is 0 Å². The van der Waals surface area contributed by atoms with Gasteiger partial charge < -0.3 is 4.42 Å². The van der Waals surface area contributed by atoms with E-state index < -0.39 is 0 Å². The summed E-state index contributed by atoms with van der Waals surface area (Å²) in [5.41, 5.74) is 7.64. The molecule has 0 N–H and O–H groups in total. The first kappa shape index (κ1) is 22.9. The molecule has 4 aromatic carbocycles. The molecule has 0 aliphatic heterocycles. The van der Waals surface area contributed by atoms with Crippen molar-refractivity contribution in [3.63, 3.8) is 0 Å². The zero-order chi connectivity index (χ0) is 26.8. The second-order valence-corrected chi connectivity index (χ2v) is 10.9. The Morgan fingerprint density at radius 3 is 1.85 bits per heavy atom. The van der Waals surface area contributed by atoms with E-state index in [2.05, 4.69) is 144 Å². The molecule has 3 heteroatoms. The predicted octanol–water partition coefficient (Wildman–Crippen LogP) is 8.77. The lowest BCUT2D eigenvalue weighted by molar-refractivity contribution is -0.488. The van der Waals surface area contributed by atoms with Crippen molar-refractivity contribution in [2.75, 3.05) is 0 Å². The van der Waals surface area contributed by atoms with Crippen LogP contribution in [0.25, 0.3) is 65.6 Å². The second kappa shape index (κ2) is 8.75. The number of para-hydroxylation sites is 2. The van der Waals surface area contributed by atoms with E-state index >= 15 is 0 Å². The quantitative estimate of drug-likeness (QED) is 0.200. The van der Waals surface area contributed by atoms with Gasteiger partial charge in [-0.1, -0.05) is 68.4 Å². The van der Waals surface area contributed by atoms with Crippen molar-refractivity contribution in [2.45, 2.75) is 19.8 Å². The summed E-state index contributed by atoms with van der Waals surface area (Å²) in [5, 5.41) is 6.88. The minimum Gasteiger partial charge on any atom is -0.456 e. The molecule has 4 heterocycles. The molecule has 40 heavy (non-hydrogen) atoms. The maximum atomic E-state index is 6.73. The highest BCUT2D eigenvalue weighted by Crippen LogP contribution is 2.33. The highest BCUT2D eigenvalue weighted by atomic mass is 16.3. The van der Waals surface area contributed by atoms with Gasteiger partial charge in [-0.3, -0.25) is 0 Å². The number of benzene rings is 4. The average Bonchev–Trinajstić information content (AvgIpc) is 3.14. The molecule has 0 bridgehead atoms. The second-order valence-electron chi connectivity index (χ2n) is 10.9. The first-order valence-corrected chi connectivity index (χ1v) is 13.9. The fraction of sp³-hybridized carbons (Fsp3) is 0.0811. The summed E-state index contributed by atoms with van der Waals surface area (Å²) in [4.78, 5) is 0. The predicted molar refractivity (Wildman–Crippen MR) is 164 cm³/mol. The van der Waals surface area contributed by atoms with Crippen molar-refractivity contribution in [2.24, 2.45) is 0 Å². The molecular formula is C37H28N2O+2. The van der Waals surface area contributed by atoms with Gasteiger partial charge in [0, 0.05) is 53.2 Å². The Hall–Kier alpha value is -5.02. The monoisotopic (exact) mass is 516 g/mol. The number of fused-ring (bicyclic) bond motifs is 13. The number of hydrogen-bond donors (Lipinski definition) is 0. The van der Waals surface area contributed by atoms with E-state index in [0.29, 0.717) is 5.92 Å². The maximum absolute atomic E-state index is 6.73. The molecule has 0 saturated heterocycles. The number of rotatable bonds is 1. The van der Waals surface area contributed by atoms with Crippen molar-refractivity contribution in [1.82, 2.24) is 0 Å². The standard InChI is InChI=1S/C37H28N2O/c1-24(2)25-18-20-39-34(21-25)29-14-5-7-15-32(29)38-19-10-9-16-33(38)31-23-37-30(22-35(31)39)27-12-4-3-11-26(27)28-13-6-8-17-36(28)40-37/h3-24H,1-2H3/q+2. The van der Waals surface area contributed by atoms with E-state index in [4.69, 9.17) is 4.42 Å². The third-order valence-electron chi connectivity index (χ3n) is 8.19. The average molecular weight is 517 g/mol. The van der Waals surface area contributed by atoms with Crippen LogP contribution >= 0.6 is 0 Å². The minimum absolute atomic E-state index is 0.425. The molecule has 0 unspecified atom stereocenters. The van der Waals surface area contributed by atoms with Crippen LogP contribution < -0.4 is 8.80 Å². The Labute approximate surface area is 231 Å². The maximum Gasteiger partial charge on any atom is 0.226 e. The normalized spacial score (nSPS) is 12.0. The van der Waals surface area contributed by atoms with Crippen LogP contribution in [0.5, 0.6) is 0 Å². The zero-order valence-electron chi connectivity index (χ0n) is 22.5. The Morgan fingerprint density at radius 2 is 1.05 bits per heavy atom. The molecule has 8 rings (SSSR count).